The minimum Gasteiger partial charge on any atom is -0.457 e. The van der Waals surface area contributed by atoms with Crippen molar-refractivity contribution < 1.29 is 13.9 Å². The number of carbonyl (C=O) groups excluding carboxylic acids is 1. The van der Waals surface area contributed by atoms with Gasteiger partial charge in [0.05, 0.1) is 22.7 Å². The van der Waals surface area contributed by atoms with Crippen LogP contribution >= 0.6 is 11.5 Å². The molecule has 0 atom stereocenters. The molecule has 0 saturated carbocycles. The molecule has 1 aromatic heterocycles. The molecule has 0 aliphatic carbocycles. The number of nitrogens with zero attached hydrogens (tertiary/aromatic N) is 3. The number of carbonyl (C=O) groups is 1. The van der Waals surface area contributed by atoms with E-state index in [2.05, 4.69) is 9.59 Å². The van der Waals surface area contributed by atoms with E-state index in [9.17, 15) is 9.18 Å². The molecule has 0 fully saturated rings. The summed E-state index contributed by atoms with van der Waals surface area (Å²) in [6.07, 6.45) is 0.788. The van der Waals surface area contributed by atoms with Crippen molar-refractivity contribution in [3.63, 3.8) is 0 Å². The van der Waals surface area contributed by atoms with Gasteiger partial charge in [0.25, 0.3) is 5.91 Å². The summed E-state index contributed by atoms with van der Waals surface area (Å²) in [5.41, 5.74) is 7.38. The summed E-state index contributed by atoms with van der Waals surface area (Å²) in [7, 11) is 1.62. The van der Waals surface area contributed by atoms with E-state index in [0.717, 1.165) is 22.6 Å². The van der Waals surface area contributed by atoms with Gasteiger partial charge in [-0.25, -0.2) is 4.39 Å². The highest BCUT2D eigenvalue weighted by Gasteiger charge is 2.19. The van der Waals surface area contributed by atoms with Gasteiger partial charge in [0.2, 0.25) is 0 Å². The van der Waals surface area contributed by atoms with Gasteiger partial charge in [-0.05, 0) is 67.3 Å². The molecule has 0 aliphatic rings. The van der Waals surface area contributed by atoms with Crippen LogP contribution in [0.1, 0.15) is 26.5 Å². The van der Waals surface area contributed by atoms with Gasteiger partial charge < -0.3 is 15.4 Å². The van der Waals surface area contributed by atoms with Crippen molar-refractivity contribution in [1.82, 2.24) is 14.5 Å². The first kappa shape index (κ1) is 19.9. The lowest BCUT2D eigenvalue weighted by molar-refractivity contribution is 0.0781. The largest absolute Gasteiger partial charge is 0.457 e. The van der Waals surface area contributed by atoms with Gasteiger partial charge in [0, 0.05) is 7.05 Å². The number of ether oxygens (including phenoxy) is 1. The number of halogens is 1. The second-order valence-corrected chi connectivity index (χ2v) is 7.21. The first-order valence-corrected chi connectivity index (χ1v) is 9.55. The molecule has 0 aliphatic heterocycles. The Balaban J connectivity index is 1.75. The van der Waals surface area contributed by atoms with Crippen molar-refractivity contribution in [3.8, 4) is 11.5 Å². The standard InChI is InChI=1S/C20H21FN4O2S/c1-13-19(28-24-23-13)12-25(2)20(26)17-11-16(7-8-18(17)21)27-15-5-3-14(4-6-15)9-10-22/h3-8,11H,9-10,12,22H2,1-2H3. The van der Waals surface area contributed by atoms with Crippen LogP contribution in [0.2, 0.25) is 0 Å². The van der Waals surface area contributed by atoms with Crippen LogP contribution in [0, 0.1) is 12.7 Å². The molecule has 1 amide bonds. The molecule has 2 N–H and O–H groups in total. The predicted molar refractivity (Wildman–Crippen MR) is 106 cm³/mol. The lowest BCUT2D eigenvalue weighted by atomic mass is 10.1. The molecule has 1 heterocycles. The van der Waals surface area contributed by atoms with Crippen LogP contribution in [-0.4, -0.2) is 34.0 Å². The van der Waals surface area contributed by atoms with Crippen LogP contribution in [-0.2, 0) is 13.0 Å². The summed E-state index contributed by atoms with van der Waals surface area (Å²) in [4.78, 5) is 15.0. The Hall–Kier alpha value is -2.84. The normalized spacial score (nSPS) is 10.7. The Labute approximate surface area is 166 Å². The number of hydrogen-bond acceptors (Lipinski definition) is 6. The van der Waals surface area contributed by atoms with E-state index in [0.29, 0.717) is 24.6 Å². The van der Waals surface area contributed by atoms with E-state index in [4.69, 9.17) is 10.5 Å². The third-order valence-electron chi connectivity index (χ3n) is 4.23. The van der Waals surface area contributed by atoms with Crippen molar-refractivity contribution in [2.24, 2.45) is 5.73 Å². The minimum atomic E-state index is -0.596. The third kappa shape index (κ3) is 4.71. The Morgan fingerprint density at radius 1 is 1.21 bits per heavy atom. The zero-order valence-corrected chi connectivity index (χ0v) is 16.5. The van der Waals surface area contributed by atoms with Crippen LogP contribution in [0.4, 0.5) is 4.39 Å². The summed E-state index contributed by atoms with van der Waals surface area (Å²) in [6.45, 7) is 2.72. The number of aryl methyl sites for hydroxylation is 1. The molecule has 0 saturated heterocycles. The lowest BCUT2D eigenvalue weighted by Gasteiger charge is -2.17. The van der Waals surface area contributed by atoms with Crippen molar-refractivity contribution in [1.29, 1.82) is 0 Å². The number of rotatable bonds is 7. The molecule has 0 spiro atoms. The van der Waals surface area contributed by atoms with Gasteiger partial charge in [-0.15, -0.1) is 5.10 Å². The number of benzene rings is 2. The van der Waals surface area contributed by atoms with Gasteiger partial charge in [0.15, 0.2) is 0 Å². The second-order valence-electron chi connectivity index (χ2n) is 6.37. The SMILES string of the molecule is Cc1nnsc1CN(C)C(=O)c1cc(Oc2ccc(CCN)cc2)ccc1F. The van der Waals surface area contributed by atoms with Crippen molar-refractivity contribution in [2.45, 2.75) is 19.9 Å². The van der Waals surface area contributed by atoms with Crippen LogP contribution in [0.5, 0.6) is 11.5 Å². The maximum atomic E-state index is 14.3. The van der Waals surface area contributed by atoms with Crippen LogP contribution in [0.15, 0.2) is 42.5 Å². The highest BCUT2D eigenvalue weighted by atomic mass is 32.1. The summed E-state index contributed by atoms with van der Waals surface area (Å²) < 4.78 is 23.9. The van der Waals surface area contributed by atoms with Gasteiger partial charge in [-0.3, -0.25) is 4.79 Å². The molecule has 0 unspecified atom stereocenters. The molecule has 8 heteroatoms. The number of nitrogens with two attached hydrogens (primary N) is 1. The first-order chi connectivity index (χ1) is 13.5. The Bertz CT molecular complexity index is 959. The van der Waals surface area contributed by atoms with Gasteiger partial charge in [-0.1, -0.05) is 16.6 Å². The molecule has 146 valence electrons. The monoisotopic (exact) mass is 400 g/mol. The van der Waals surface area contributed by atoms with Crippen LogP contribution in [0.25, 0.3) is 0 Å². The predicted octanol–water partition coefficient (Wildman–Crippen LogP) is 3.55. The summed E-state index contributed by atoms with van der Waals surface area (Å²) in [5.74, 6) is -0.0402. The van der Waals surface area contributed by atoms with E-state index in [1.54, 1.807) is 7.05 Å². The summed E-state index contributed by atoms with van der Waals surface area (Å²) in [6, 6.07) is 11.6. The maximum absolute atomic E-state index is 14.3. The number of hydrogen-bond donors (Lipinski definition) is 1. The van der Waals surface area contributed by atoms with Gasteiger partial charge >= 0.3 is 0 Å². The van der Waals surface area contributed by atoms with E-state index in [1.807, 2.05) is 31.2 Å². The molecule has 0 radical (unpaired) electrons. The topological polar surface area (TPSA) is 81.3 Å². The molecule has 3 aromatic rings. The third-order valence-corrected chi connectivity index (χ3v) is 5.04. The fourth-order valence-electron chi connectivity index (χ4n) is 2.65. The molecule has 6 nitrogen and oxygen atoms in total. The zero-order chi connectivity index (χ0) is 20.1. The van der Waals surface area contributed by atoms with Gasteiger partial charge in [0.1, 0.15) is 17.3 Å². The van der Waals surface area contributed by atoms with Gasteiger partial charge in [-0.2, -0.15) is 0 Å². The lowest BCUT2D eigenvalue weighted by Crippen LogP contribution is -2.27. The molecule has 28 heavy (non-hydrogen) atoms. The van der Waals surface area contributed by atoms with E-state index in [-0.39, 0.29) is 5.56 Å². The Morgan fingerprint density at radius 2 is 1.93 bits per heavy atom. The van der Waals surface area contributed by atoms with E-state index in [1.165, 1.54) is 34.6 Å². The highest BCUT2D eigenvalue weighted by Crippen LogP contribution is 2.25. The average Bonchev–Trinajstić information content (AvgIpc) is 3.09. The Kier molecular flexibility index (Phi) is 6.33. The van der Waals surface area contributed by atoms with E-state index < -0.39 is 11.7 Å². The van der Waals surface area contributed by atoms with Crippen molar-refractivity contribution in [3.05, 3.63) is 70.0 Å². The minimum absolute atomic E-state index is 0.0464. The van der Waals surface area contributed by atoms with Crippen molar-refractivity contribution in [2.75, 3.05) is 13.6 Å². The fourth-order valence-corrected chi connectivity index (χ4v) is 3.33. The Morgan fingerprint density at radius 3 is 2.57 bits per heavy atom. The number of aromatic nitrogens is 2. The number of amides is 1. The quantitative estimate of drug-likeness (QED) is 0.656. The summed E-state index contributed by atoms with van der Waals surface area (Å²) in [5, 5.41) is 3.93. The smallest absolute Gasteiger partial charge is 0.257 e. The fraction of sp³-hybridized carbons (Fsp3) is 0.250. The summed E-state index contributed by atoms with van der Waals surface area (Å²) >= 11 is 1.22. The molecule has 2 aromatic carbocycles. The van der Waals surface area contributed by atoms with Crippen LogP contribution in [0.3, 0.4) is 0 Å². The zero-order valence-electron chi connectivity index (χ0n) is 15.7. The molecule has 3 rings (SSSR count). The first-order valence-electron chi connectivity index (χ1n) is 8.77. The van der Waals surface area contributed by atoms with E-state index >= 15 is 0 Å². The highest BCUT2D eigenvalue weighted by molar-refractivity contribution is 7.05. The molecule has 0 bridgehead atoms. The molecular weight excluding hydrogens is 379 g/mol. The second kappa shape index (κ2) is 8.90. The average molecular weight is 400 g/mol. The maximum Gasteiger partial charge on any atom is 0.257 e. The van der Waals surface area contributed by atoms with Crippen molar-refractivity contribution >= 4 is 17.4 Å². The van der Waals surface area contributed by atoms with Crippen LogP contribution < -0.4 is 10.5 Å². The molecular formula is C20H21FN4O2S.